The third kappa shape index (κ3) is 2.81. The van der Waals surface area contributed by atoms with Crippen LogP contribution in [0.3, 0.4) is 0 Å². The molecule has 1 saturated carbocycles. The Balaban J connectivity index is 1.66. The minimum absolute atomic E-state index is 0.114. The van der Waals surface area contributed by atoms with E-state index in [4.69, 9.17) is 9.47 Å². The molecule has 3 nitrogen and oxygen atoms in total. The van der Waals surface area contributed by atoms with Crippen LogP contribution in [0.2, 0.25) is 0 Å². The van der Waals surface area contributed by atoms with Gasteiger partial charge >= 0.3 is 0 Å². The van der Waals surface area contributed by atoms with Gasteiger partial charge in [0.05, 0.1) is 13.2 Å². The van der Waals surface area contributed by atoms with Gasteiger partial charge in [-0.2, -0.15) is 0 Å². The number of rotatable bonds is 5. The predicted molar refractivity (Wildman–Crippen MR) is 75.4 cm³/mol. The zero-order chi connectivity index (χ0) is 14.1. The number of hydrogen-bond donors (Lipinski definition) is 1. The van der Waals surface area contributed by atoms with E-state index in [2.05, 4.69) is 12.2 Å². The van der Waals surface area contributed by atoms with Gasteiger partial charge in [0.15, 0.2) is 11.6 Å². The molecule has 0 radical (unpaired) electrons. The van der Waals surface area contributed by atoms with Crippen molar-refractivity contribution in [1.82, 2.24) is 5.32 Å². The fraction of sp³-hybridized carbons (Fsp3) is 0.625. The second-order valence-corrected chi connectivity index (χ2v) is 5.85. The monoisotopic (exact) mass is 279 g/mol. The number of ether oxygens (including phenoxy) is 2. The van der Waals surface area contributed by atoms with Crippen LogP contribution in [-0.2, 0) is 4.74 Å². The molecule has 0 bridgehead atoms. The lowest BCUT2D eigenvalue weighted by Gasteiger charge is -2.24. The average Bonchev–Trinajstić information content (AvgIpc) is 3.19. The zero-order valence-corrected chi connectivity index (χ0v) is 12.1. The molecule has 3 atom stereocenters. The highest BCUT2D eigenvalue weighted by atomic mass is 19.1. The molecule has 0 amide bonds. The van der Waals surface area contributed by atoms with Crippen molar-refractivity contribution in [2.45, 2.75) is 44.4 Å². The van der Waals surface area contributed by atoms with Crippen molar-refractivity contribution in [1.29, 1.82) is 0 Å². The number of hydrogen-bond acceptors (Lipinski definition) is 3. The first-order valence-electron chi connectivity index (χ1n) is 7.40. The first-order valence-corrected chi connectivity index (χ1v) is 7.40. The molecule has 20 heavy (non-hydrogen) atoms. The van der Waals surface area contributed by atoms with E-state index in [0.717, 1.165) is 24.5 Å². The van der Waals surface area contributed by atoms with Crippen LogP contribution in [0.5, 0.6) is 5.75 Å². The summed E-state index contributed by atoms with van der Waals surface area (Å²) in [5.41, 5.74) is 0.949. The lowest BCUT2D eigenvalue weighted by atomic mass is 10.0. The van der Waals surface area contributed by atoms with E-state index >= 15 is 0 Å². The molecule has 1 aliphatic heterocycles. The molecule has 2 aliphatic rings. The molecule has 1 heterocycles. The van der Waals surface area contributed by atoms with Crippen LogP contribution in [-0.4, -0.2) is 25.9 Å². The van der Waals surface area contributed by atoms with Crippen molar-refractivity contribution >= 4 is 0 Å². The normalized spacial score (nSPS) is 27.6. The fourth-order valence-corrected chi connectivity index (χ4v) is 3.05. The Morgan fingerprint density at radius 2 is 2.15 bits per heavy atom. The van der Waals surface area contributed by atoms with Gasteiger partial charge in [0, 0.05) is 18.7 Å². The summed E-state index contributed by atoms with van der Waals surface area (Å²) >= 11 is 0. The van der Waals surface area contributed by atoms with Crippen LogP contribution in [0.25, 0.3) is 0 Å². The lowest BCUT2D eigenvalue weighted by Crippen LogP contribution is -2.39. The Bertz CT molecular complexity index is 476. The van der Waals surface area contributed by atoms with Crippen LogP contribution in [0.4, 0.5) is 4.39 Å². The molecule has 0 spiro atoms. The Morgan fingerprint density at radius 3 is 2.80 bits per heavy atom. The molecular weight excluding hydrogens is 257 g/mol. The molecule has 4 heteroatoms. The molecule has 0 aromatic heterocycles. The Hall–Kier alpha value is -1.13. The summed E-state index contributed by atoms with van der Waals surface area (Å²) in [6.45, 7) is 2.91. The maximum atomic E-state index is 13.8. The second-order valence-electron chi connectivity index (χ2n) is 5.85. The van der Waals surface area contributed by atoms with Crippen molar-refractivity contribution in [3.63, 3.8) is 0 Å². The largest absolute Gasteiger partial charge is 0.494 e. The van der Waals surface area contributed by atoms with E-state index in [1.165, 1.54) is 20.0 Å². The van der Waals surface area contributed by atoms with Crippen molar-refractivity contribution in [3.8, 4) is 5.75 Å². The van der Waals surface area contributed by atoms with E-state index in [-0.39, 0.29) is 11.9 Å². The van der Waals surface area contributed by atoms with Crippen LogP contribution in [0.15, 0.2) is 18.2 Å². The van der Waals surface area contributed by atoms with Crippen molar-refractivity contribution in [2.75, 3.05) is 13.7 Å². The third-order valence-electron chi connectivity index (χ3n) is 4.36. The third-order valence-corrected chi connectivity index (χ3v) is 4.36. The van der Waals surface area contributed by atoms with Crippen molar-refractivity contribution < 1.29 is 13.9 Å². The number of methoxy groups -OCH3 is 1. The lowest BCUT2D eigenvalue weighted by molar-refractivity contribution is 0.0793. The number of halogens is 1. The Labute approximate surface area is 119 Å². The van der Waals surface area contributed by atoms with Gasteiger partial charge in [0.25, 0.3) is 0 Å². The molecule has 110 valence electrons. The highest BCUT2D eigenvalue weighted by Gasteiger charge is 2.40. The standard InChI is InChI=1S/C16H22FNO2/c1-10(12-5-6-15(19-2)13(17)9-12)18-14-7-8-20-16(14)11-3-4-11/h5-6,9-11,14,16,18H,3-4,7-8H2,1-2H3. The van der Waals surface area contributed by atoms with E-state index < -0.39 is 0 Å². The molecule has 3 unspecified atom stereocenters. The Kier molecular flexibility index (Phi) is 3.94. The van der Waals surface area contributed by atoms with Crippen LogP contribution >= 0.6 is 0 Å². The van der Waals surface area contributed by atoms with Gasteiger partial charge in [-0.15, -0.1) is 0 Å². The van der Waals surface area contributed by atoms with Crippen LogP contribution < -0.4 is 10.1 Å². The summed E-state index contributed by atoms with van der Waals surface area (Å²) in [4.78, 5) is 0. The molecule has 1 aromatic rings. The van der Waals surface area contributed by atoms with Gasteiger partial charge in [-0.1, -0.05) is 6.07 Å². The summed E-state index contributed by atoms with van der Waals surface area (Å²) in [5, 5.41) is 3.60. The minimum atomic E-state index is -0.305. The van der Waals surface area contributed by atoms with Crippen LogP contribution in [0.1, 0.15) is 37.8 Å². The van der Waals surface area contributed by atoms with Gasteiger partial charge in [-0.3, -0.25) is 0 Å². The number of nitrogens with one attached hydrogen (secondary N) is 1. The van der Waals surface area contributed by atoms with Gasteiger partial charge in [-0.05, 0) is 49.8 Å². The fourth-order valence-electron chi connectivity index (χ4n) is 3.05. The Morgan fingerprint density at radius 1 is 1.35 bits per heavy atom. The summed E-state index contributed by atoms with van der Waals surface area (Å²) in [5.74, 6) is 0.718. The highest BCUT2D eigenvalue weighted by Crippen LogP contribution is 2.39. The van der Waals surface area contributed by atoms with Crippen LogP contribution in [0, 0.1) is 11.7 Å². The molecule has 1 aliphatic carbocycles. The van der Waals surface area contributed by atoms with E-state index in [9.17, 15) is 4.39 Å². The minimum Gasteiger partial charge on any atom is -0.494 e. The maximum absolute atomic E-state index is 13.8. The van der Waals surface area contributed by atoms with Crippen molar-refractivity contribution in [3.05, 3.63) is 29.6 Å². The van der Waals surface area contributed by atoms with E-state index in [1.54, 1.807) is 12.1 Å². The molecular formula is C16H22FNO2. The van der Waals surface area contributed by atoms with Gasteiger partial charge in [0.1, 0.15) is 0 Å². The quantitative estimate of drug-likeness (QED) is 0.898. The summed E-state index contributed by atoms with van der Waals surface area (Å²) < 4.78 is 24.5. The first kappa shape index (κ1) is 13.8. The summed E-state index contributed by atoms with van der Waals surface area (Å²) in [6, 6.07) is 5.66. The molecule has 1 aromatic carbocycles. The summed E-state index contributed by atoms with van der Waals surface area (Å²) in [6.07, 6.45) is 3.97. The van der Waals surface area contributed by atoms with Gasteiger partial charge < -0.3 is 14.8 Å². The second kappa shape index (κ2) is 5.70. The molecule has 1 saturated heterocycles. The SMILES string of the molecule is COc1ccc(C(C)NC2CCOC2C2CC2)cc1F. The number of benzene rings is 1. The zero-order valence-electron chi connectivity index (χ0n) is 12.1. The van der Waals surface area contributed by atoms with Gasteiger partial charge in [0.2, 0.25) is 0 Å². The smallest absolute Gasteiger partial charge is 0.165 e. The van der Waals surface area contributed by atoms with Gasteiger partial charge in [-0.25, -0.2) is 4.39 Å². The van der Waals surface area contributed by atoms with E-state index in [1.807, 2.05) is 6.07 Å². The molecule has 2 fully saturated rings. The molecule has 3 rings (SSSR count). The highest BCUT2D eigenvalue weighted by molar-refractivity contribution is 5.30. The molecule has 1 N–H and O–H groups in total. The topological polar surface area (TPSA) is 30.5 Å². The predicted octanol–water partition coefficient (Wildman–Crippen LogP) is 3.05. The van der Waals surface area contributed by atoms with Crippen molar-refractivity contribution in [2.24, 2.45) is 5.92 Å². The summed E-state index contributed by atoms with van der Waals surface area (Å²) in [7, 11) is 1.48. The van der Waals surface area contributed by atoms with E-state index in [0.29, 0.717) is 17.9 Å². The average molecular weight is 279 g/mol. The first-order chi connectivity index (χ1) is 9.69. The maximum Gasteiger partial charge on any atom is 0.165 e.